The first-order valence-corrected chi connectivity index (χ1v) is 8.26. The first-order chi connectivity index (χ1) is 10.4. The predicted molar refractivity (Wildman–Crippen MR) is 105 cm³/mol. The Labute approximate surface area is 160 Å². The minimum atomic E-state index is -0.275. The number of benzene rings is 1. The summed E-state index contributed by atoms with van der Waals surface area (Å²) in [4.78, 5) is 16.6. The highest BCUT2D eigenvalue weighted by Gasteiger charge is 2.18. The lowest BCUT2D eigenvalue weighted by atomic mass is 9.93. The molecule has 134 valence electrons. The normalized spacial score (nSPS) is 11.8. The van der Waals surface area contributed by atoms with E-state index in [4.69, 9.17) is 5.73 Å². The molecule has 0 saturated carbocycles. The van der Waals surface area contributed by atoms with Crippen molar-refractivity contribution in [1.82, 2.24) is 10.3 Å². The molecule has 0 aliphatic carbocycles. The molecule has 7 heteroatoms. The van der Waals surface area contributed by atoms with Crippen LogP contribution in [0.4, 0.5) is 0 Å². The molecule has 0 saturated heterocycles. The Morgan fingerprint density at radius 1 is 1.25 bits per heavy atom. The molecule has 2 rings (SSSR count). The van der Waals surface area contributed by atoms with E-state index in [9.17, 15) is 4.79 Å². The minimum absolute atomic E-state index is 0. The molecule has 0 aliphatic rings. The fourth-order valence-electron chi connectivity index (χ4n) is 2.00. The molecule has 1 aromatic carbocycles. The summed E-state index contributed by atoms with van der Waals surface area (Å²) < 4.78 is 0. The van der Waals surface area contributed by atoms with E-state index < -0.39 is 0 Å². The SMILES string of the molecule is CC(C)(C)c1csc(CNC(=O)CC(N)c2ccccc2)n1.Cl.Cl. The van der Waals surface area contributed by atoms with Crippen LogP contribution in [-0.4, -0.2) is 10.9 Å². The van der Waals surface area contributed by atoms with Crippen molar-refractivity contribution >= 4 is 42.1 Å². The number of carbonyl (C=O) groups excluding carboxylic acids is 1. The topological polar surface area (TPSA) is 68.0 Å². The molecule has 1 amide bonds. The number of hydrogen-bond acceptors (Lipinski definition) is 4. The highest BCUT2D eigenvalue weighted by molar-refractivity contribution is 7.09. The molecule has 1 aromatic heterocycles. The molecule has 0 aliphatic heterocycles. The second-order valence-corrected chi connectivity index (χ2v) is 7.32. The molecule has 24 heavy (non-hydrogen) atoms. The zero-order valence-corrected chi connectivity index (χ0v) is 16.6. The summed E-state index contributed by atoms with van der Waals surface area (Å²) in [5.41, 5.74) is 8.12. The Morgan fingerprint density at radius 2 is 1.88 bits per heavy atom. The standard InChI is InChI=1S/C17H23N3OS.2ClH/c1-17(2,3)14-11-22-16(20-14)10-19-15(21)9-13(18)12-7-5-4-6-8-12;;/h4-8,11,13H,9-10,18H2,1-3H3,(H,19,21);2*1H. The Balaban J connectivity index is 0.00000264. The van der Waals surface area contributed by atoms with Gasteiger partial charge in [0.05, 0.1) is 12.2 Å². The highest BCUT2D eigenvalue weighted by atomic mass is 35.5. The smallest absolute Gasteiger partial charge is 0.222 e. The van der Waals surface area contributed by atoms with Crippen LogP contribution < -0.4 is 11.1 Å². The average Bonchev–Trinajstić information content (AvgIpc) is 2.95. The molecular formula is C17H25Cl2N3OS. The summed E-state index contributed by atoms with van der Waals surface area (Å²) in [6.07, 6.45) is 0.279. The molecule has 1 unspecified atom stereocenters. The minimum Gasteiger partial charge on any atom is -0.350 e. The average molecular weight is 390 g/mol. The third-order valence-corrected chi connectivity index (χ3v) is 4.24. The van der Waals surface area contributed by atoms with Crippen LogP contribution in [0.3, 0.4) is 0 Å². The van der Waals surface area contributed by atoms with Gasteiger partial charge in [0, 0.05) is 23.3 Å². The number of aromatic nitrogens is 1. The molecule has 0 fully saturated rings. The number of amides is 1. The van der Waals surface area contributed by atoms with Crippen molar-refractivity contribution in [3.63, 3.8) is 0 Å². The number of rotatable bonds is 5. The van der Waals surface area contributed by atoms with E-state index in [1.54, 1.807) is 11.3 Å². The van der Waals surface area contributed by atoms with E-state index in [-0.39, 0.29) is 48.6 Å². The van der Waals surface area contributed by atoms with E-state index in [0.717, 1.165) is 16.3 Å². The molecule has 1 heterocycles. The monoisotopic (exact) mass is 389 g/mol. The van der Waals surface area contributed by atoms with Crippen molar-refractivity contribution in [3.8, 4) is 0 Å². The molecule has 2 aromatic rings. The summed E-state index contributed by atoms with van der Waals surface area (Å²) in [6.45, 7) is 6.84. The van der Waals surface area contributed by atoms with Crippen LogP contribution in [0.25, 0.3) is 0 Å². The number of carbonyl (C=O) groups is 1. The van der Waals surface area contributed by atoms with Crippen molar-refractivity contribution in [3.05, 3.63) is 52.0 Å². The lowest BCUT2D eigenvalue weighted by Crippen LogP contribution is -2.27. The third kappa shape index (κ3) is 6.77. The number of nitrogens with one attached hydrogen (secondary N) is 1. The summed E-state index contributed by atoms with van der Waals surface area (Å²) in [5.74, 6) is -0.0520. The van der Waals surface area contributed by atoms with Gasteiger partial charge < -0.3 is 11.1 Å². The second kappa shape index (κ2) is 9.99. The Morgan fingerprint density at radius 3 is 2.42 bits per heavy atom. The van der Waals surface area contributed by atoms with Gasteiger partial charge in [-0.25, -0.2) is 4.98 Å². The van der Waals surface area contributed by atoms with Gasteiger partial charge in [-0.3, -0.25) is 4.79 Å². The van der Waals surface area contributed by atoms with Gasteiger partial charge >= 0.3 is 0 Å². The van der Waals surface area contributed by atoms with Crippen molar-refractivity contribution in [2.75, 3.05) is 0 Å². The number of thiazole rings is 1. The van der Waals surface area contributed by atoms with E-state index in [1.165, 1.54) is 0 Å². The van der Waals surface area contributed by atoms with E-state index in [0.29, 0.717) is 6.54 Å². The van der Waals surface area contributed by atoms with Crippen LogP contribution in [0.5, 0.6) is 0 Å². The largest absolute Gasteiger partial charge is 0.350 e. The van der Waals surface area contributed by atoms with Crippen LogP contribution in [-0.2, 0) is 16.8 Å². The van der Waals surface area contributed by atoms with E-state index in [2.05, 4.69) is 36.5 Å². The van der Waals surface area contributed by atoms with Gasteiger partial charge in [-0.1, -0.05) is 51.1 Å². The summed E-state index contributed by atoms with van der Waals surface area (Å²) in [7, 11) is 0. The third-order valence-electron chi connectivity index (χ3n) is 3.39. The van der Waals surface area contributed by atoms with E-state index in [1.807, 2.05) is 30.3 Å². The first-order valence-electron chi connectivity index (χ1n) is 7.38. The van der Waals surface area contributed by atoms with Crippen LogP contribution in [0, 0.1) is 0 Å². The molecular weight excluding hydrogens is 365 g/mol. The molecule has 0 spiro atoms. The lowest BCUT2D eigenvalue weighted by Gasteiger charge is -2.14. The van der Waals surface area contributed by atoms with Crippen molar-refractivity contribution in [2.45, 2.75) is 45.2 Å². The molecule has 3 N–H and O–H groups in total. The summed E-state index contributed by atoms with van der Waals surface area (Å²) in [5, 5.41) is 5.87. The van der Waals surface area contributed by atoms with Gasteiger partial charge in [-0.15, -0.1) is 36.2 Å². The Bertz CT molecular complexity index is 626. The molecule has 0 radical (unpaired) electrons. The van der Waals surface area contributed by atoms with Gasteiger partial charge in [0.15, 0.2) is 0 Å². The fraction of sp³-hybridized carbons (Fsp3) is 0.412. The van der Waals surface area contributed by atoms with Crippen molar-refractivity contribution in [2.24, 2.45) is 5.73 Å². The maximum atomic E-state index is 12.0. The fourth-order valence-corrected chi connectivity index (χ4v) is 2.96. The van der Waals surface area contributed by atoms with Gasteiger partial charge in [-0.2, -0.15) is 0 Å². The number of nitrogens with two attached hydrogens (primary N) is 1. The Kier molecular flexibility index (Phi) is 9.51. The zero-order valence-electron chi connectivity index (χ0n) is 14.1. The quantitative estimate of drug-likeness (QED) is 0.811. The number of hydrogen-bond donors (Lipinski definition) is 2. The van der Waals surface area contributed by atoms with E-state index >= 15 is 0 Å². The number of halogens is 2. The highest BCUT2D eigenvalue weighted by Crippen LogP contribution is 2.23. The second-order valence-electron chi connectivity index (χ2n) is 6.37. The van der Waals surface area contributed by atoms with Gasteiger partial charge in [-0.05, 0) is 5.56 Å². The maximum absolute atomic E-state index is 12.0. The van der Waals surface area contributed by atoms with Crippen LogP contribution in [0.15, 0.2) is 35.7 Å². The Hall–Kier alpha value is -1.14. The predicted octanol–water partition coefficient (Wildman–Crippen LogP) is 3.99. The number of nitrogens with zero attached hydrogens (tertiary/aromatic N) is 1. The van der Waals surface area contributed by atoms with Crippen molar-refractivity contribution in [1.29, 1.82) is 0 Å². The zero-order chi connectivity index (χ0) is 16.2. The summed E-state index contributed by atoms with van der Waals surface area (Å²) >= 11 is 1.58. The molecule has 1 atom stereocenters. The molecule has 4 nitrogen and oxygen atoms in total. The van der Waals surface area contributed by atoms with Gasteiger partial charge in [0.1, 0.15) is 5.01 Å². The lowest BCUT2D eigenvalue weighted by molar-refractivity contribution is -0.121. The summed E-state index contributed by atoms with van der Waals surface area (Å²) in [6, 6.07) is 9.39. The van der Waals surface area contributed by atoms with Gasteiger partial charge in [0.2, 0.25) is 5.91 Å². The van der Waals surface area contributed by atoms with Crippen LogP contribution >= 0.6 is 36.2 Å². The van der Waals surface area contributed by atoms with Crippen LogP contribution in [0.2, 0.25) is 0 Å². The molecule has 0 bridgehead atoms. The van der Waals surface area contributed by atoms with Crippen molar-refractivity contribution < 1.29 is 4.79 Å². The first kappa shape index (κ1) is 22.9. The van der Waals surface area contributed by atoms with Crippen LogP contribution in [0.1, 0.15) is 49.5 Å². The van der Waals surface area contributed by atoms with Gasteiger partial charge in [0.25, 0.3) is 0 Å². The maximum Gasteiger partial charge on any atom is 0.222 e.